The number of nitrogens with one attached hydrogen (secondary N) is 1. The molecule has 0 aliphatic heterocycles. The Morgan fingerprint density at radius 2 is 1.94 bits per heavy atom. The minimum Gasteiger partial charge on any atom is -0.385 e. The third-order valence-corrected chi connectivity index (χ3v) is 4.54. The van der Waals surface area contributed by atoms with Crippen LogP contribution in [0.4, 0.5) is 0 Å². The monoisotopic (exact) mass is 243 g/mol. The van der Waals surface area contributed by atoms with Gasteiger partial charge in [0, 0.05) is 17.1 Å². The lowest BCUT2D eigenvalue weighted by molar-refractivity contribution is -0.0202. The summed E-state index contributed by atoms with van der Waals surface area (Å²) in [6.07, 6.45) is 8.07. The zero-order chi connectivity index (χ0) is 12.6. The molecule has 2 heteroatoms. The molecule has 1 heterocycles. The van der Waals surface area contributed by atoms with Crippen molar-refractivity contribution >= 4 is 10.9 Å². The lowest BCUT2D eigenvalue weighted by Gasteiger charge is -2.36. The number of fused-ring (bicyclic) bond motifs is 1. The van der Waals surface area contributed by atoms with E-state index >= 15 is 0 Å². The Balaban J connectivity index is 2.03. The fraction of sp³-hybridized carbons (Fsp3) is 0.500. The van der Waals surface area contributed by atoms with Crippen LogP contribution in [0.5, 0.6) is 0 Å². The van der Waals surface area contributed by atoms with Crippen LogP contribution in [-0.4, -0.2) is 10.1 Å². The second-order valence-electron chi connectivity index (χ2n) is 5.73. The maximum atomic E-state index is 11.0. The first-order chi connectivity index (χ1) is 8.69. The second-order valence-corrected chi connectivity index (χ2v) is 5.73. The number of rotatable bonds is 2. The molecule has 0 amide bonds. The lowest BCUT2D eigenvalue weighted by atomic mass is 9.74. The van der Waals surface area contributed by atoms with Crippen molar-refractivity contribution in [2.75, 3.05) is 0 Å². The van der Waals surface area contributed by atoms with Crippen LogP contribution in [0.2, 0.25) is 0 Å². The van der Waals surface area contributed by atoms with Gasteiger partial charge in [-0.2, -0.15) is 0 Å². The average Bonchev–Trinajstić information content (AvgIpc) is 2.87. The van der Waals surface area contributed by atoms with Crippen LogP contribution < -0.4 is 0 Å². The van der Waals surface area contributed by atoms with E-state index in [0.717, 1.165) is 29.3 Å². The molecule has 0 radical (unpaired) electrons. The molecule has 0 saturated heterocycles. The van der Waals surface area contributed by atoms with Gasteiger partial charge in [-0.15, -0.1) is 0 Å². The van der Waals surface area contributed by atoms with Gasteiger partial charge in [0.25, 0.3) is 0 Å². The first-order valence-electron chi connectivity index (χ1n) is 6.98. The Bertz CT molecular complexity index is 535. The summed E-state index contributed by atoms with van der Waals surface area (Å²) >= 11 is 0. The van der Waals surface area contributed by atoms with E-state index in [4.69, 9.17) is 0 Å². The zero-order valence-electron chi connectivity index (χ0n) is 10.9. The highest BCUT2D eigenvalue weighted by Gasteiger charge is 2.35. The van der Waals surface area contributed by atoms with Crippen LogP contribution in [0.3, 0.4) is 0 Å². The molecule has 0 spiro atoms. The Morgan fingerprint density at radius 3 is 2.72 bits per heavy atom. The van der Waals surface area contributed by atoms with Crippen molar-refractivity contribution in [2.24, 2.45) is 5.92 Å². The molecule has 0 bridgehead atoms. The molecule has 1 aromatic carbocycles. The van der Waals surface area contributed by atoms with E-state index in [1.54, 1.807) is 0 Å². The van der Waals surface area contributed by atoms with Crippen LogP contribution in [0, 0.1) is 5.92 Å². The summed E-state index contributed by atoms with van der Waals surface area (Å²) in [6.45, 7) is 1.99. The maximum Gasteiger partial charge on any atom is 0.0903 e. The number of aliphatic hydroxyl groups is 1. The van der Waals surface area contributed by atoms with E-state index in [0.29, 0.717) is 5.92 Å². The van der Waals surface area contributed by atoms with E-state index < -0.39 is 5.60 Å². The summed E-state index contributed by atoms with van der Waals surface area (Å²) in [6, 6.07) is 8.24. The number of aromatic nitrogens is 1. The van der Waals surface area contributed by atoms with Gasteiger partial charge < -0.3 is 10.1 Å². The first-order valence-corrected chi connectivity index (χ1v) is 6.98. The normalized spacial score (nSPS) is 21.0. The Kier molecular flexibility index (Phi) is 2.90. The number of hydrogen-bond donors (Lipinski definition) is 2. The molecule has 1 aliphatic carbocycles. The van der Waals surface area contributed by atoms with Gasteiger partial charge >= 0.3 is 0 Å². The maximum absolute atomic E-state index is 11.0. The highest BCUT2D eigenvalue weighted by atomic mass is 16.3. The Morgan fingerprint density at radius 1 is 1.17 bits per heavy atom. The van der Waals surface area contributed by atoms with E-state index in [1.165, 1.54) is 19.3 Å². The molecule has 2 nitrogen and oxygen atoms in total. The van der Waals surface area contributed by atoms with Crippen molar-refractivity contribution in [3.05, 3.63) is 36.0 Å². The molecule has 18 heavy (non-hydrogen) atoms. The van der Waals surface area contributed by atoms with E-state index in [-0.39, 0.29) is 0 Å². The number of H-pyrrole nitrogens is 1. The molecule has 1 fully saturated rings. The third kappa shape index (κ3) is 1.85. The van der Waals surface area contributed by atoms with Crippen LogP contribution in [-0.2, 0) is 5.60 Å². The molecule has 1 aromatic heterocycles. The fourth-order valence-corrected chi connectivity index (χ4v) is 3.41. The molecular formula is C16H21NO. The largest absolute Gasteiger partial charge is 0.385 e. The highest BCUT2D eigenvalue weighted by Crippen LogP contribution is 2.41. The van der Waals surface area contributed by atoms with Gasteiger partial charge in [-0.05, 0) is 43.4 Å². The molecule has 1 saturated carbocycles. The minimum absolute atomic E-state index is 0.395. The van der Waals surface area contributed by atoms with Crippen LogP contribution in [0.25, 0.3) is 10.9 Å². The average molecular weight is 243 g/mol. The van der Waals surface area contributed by atoms with E-state index in [1.807, 2.05) is 19.2 Å². The summed E-state index contributed by atoms with van der Waals surface area (Å²) in [5.74, 6) is 0.395. The van der Waals surface area contributed by atoms with Crippen molar-refractivity contribution in [3.63, 3.8) is 0 Å². The van der Waals surface area contributed by atoms with Crippen molar-refractivity contribution in [2.45, 2.75) is 44.6 Å². The number of aromatic amines is 1. The van der Waals surface area contributed by atoms with Gasteiger partial charge in [0.05, 0.1) is 5.60 Å². The first kappa shape index (κ1) is 11.8. The van der Waals surface area contributed by atoms with Crippen molar-refractivity contribution in [1.29, 1.82) is 0 Å². The molecule has 96 valence electrons. The van der Waals surface area contributed by atoms with Gasteiger partial charge in [-0.1, -0.05) is 31.4 Å². The van der Waals surface area contributed by atoms with Crippen LogP contribution in [0.1, 0.15) is 44.6 Å². The van der Waals surface area contributed by atoms with Crippen LogP contribution in [0.15, 0.2) is 30.5 Å². The van der Waals surface area contributed by atoms with Crippen molar-refractivity contribution < 1.29 is 5.11 Å². The highest BCUT2D eigenvalue weighted by molar-refractivity contribution is 5.83. The fourth-order valence-electron chi connectivity index (χ4n) is 3.41. The predicted molar refractivity (Wildman–Crippen MR) is 74.4 cm³/mol. The van der Waals surface area contributed by atoms with Crippen molar-refractivity contribution in [1.82, 2.24) is 4.98 Å². The summed E-state index contributed by atoms with van der Waals surface area (Å²) in [7, 11) is 0. The summed E-state index contributed by atoms with van der Waals surface area (Å²) in [5.41, 5.74) is 1.49. The predicted octanol–water partition coefficient (Wildman–Crippen LogP) is 3.96. The molecule has 2 N–H and O–H groups in total. The third-order valence-electron chi connectivity index (χ3n) is 4.54. The molecule has 1 aliphatic rings. The summed E-state index contributed by atoms with van der Waals surface area (Å²) < 4.78 is 0. The standard InChI is InChI=1S/C16H21NO/c1-16(18,12-6-3-2-4-7-12)14-8-5-9-15-13(14)10-11-17-15/h5,8-12,17-18H,2-4,6-7H2,1H3. The topological polar surface area (TPSA) is 36.0 Å². The molecule has 3 rings (SSSR count). The van der Waals surface area contributed by atoms with Gasteiger partial charge in [-0.25, -0.2) is 0 Å². The van der Waals surface area contributed by atoms with E-state index in [2.05, 4.69) is 23.2 Å². The lowest BCUT2D eigenvalue weighted by Crippen LogP contribution is -2.33. The number of hydrogen-bond acceptors (Lipinski definition) is 1. The quantitative estimate of drug-likeness (QED) is 0.823. The SMILES string of the molecule is CC(O)(c1cccc2[nH]ccc12)C1CCCCC1. The zero-order valence-corrected chi connectivity index (χ0v) is 10.9. The summed E-state index contributed by atoms with van der Waals surface area (Å²) in [5, 5.41) is 12.2. The van der Waals surface area contributed by atoms with Crippen molar-refractivity contribution in [3.8, 4) is 0 Å². The molecule has 1 atom stereocenters. The molecule has 2 aromatic rings. The summed E-state index contributed by atoms with van der Waals surface area (Å²) in [4.78, 5) is 3.22. The molecular weight excluding hydrogens is 222 g/mol. The van der Waals surface area contributed by atoms with Gasteiger partial charge in [0.2, 0.25) is 0 Å². The Labute approximate surface area is 108 Å². The minimum atomic E-state index is -0.706. The molecule has 1 unspecified atom stereocenters. The van der Waals surface area contributed by atoms with Gasteiger partial charge in [-0.3, -0.25) is 0 Å². The van der Waals surface area contributed by atoms with Crippen LogP contribution >= 0.6 is 0 Å². The van der Waals surface area contributed by atoms with E-state index in [9.17, 15) is 5.11 Å². The van der Waals surface area contributed by atoms with Gasteiger partial charge in [0.15, 0.2) is 0 Å². The Hall–Kier alpha value is -1.28. The van der Waals surface area contributed by atoms with Gasteiger partial charge in [0.1, 0.15) is 0 Å². The smallest absolute Gasteiger partial charge is 0.0903 e. The number of benzene rings is 1. The second kappa shape index (κ2) is 4.43.